The van der Waals surface area contributed by atoms with Crippen LogP contribution in [0.4, 0.5) is 0 Å². The molecule has 1 aromatic rings. The number of carboxylic acid groups (broad SMARTS) is 2. The maximum absolute atomic E-state index is 10.8. The van der Waals surface area contributed by atoms with Crippen molar-refractivity contribution in [3.05, 3.63) is 34.9 Å². The lowest BCUT2D eigenvalue weighted by atomic mass is 10.0. The molecule has 15 heavy (non-hydrogen) atoms. The molecular formula is C10H10O5. The zero-order chi connectivity index (χ0) is 11.6. The van der Waals surface area contributed by atoms with Crippen molar-refractivity contribution in [3.8, 4) is 0 Å². The van der Waals surface area contributed by atoms with Crippen LogP contribution < -0.4 is 0 Å². The number of carbonyl (C=O) groups is 2. The Morgan fingerprint density at radius 2 is 1.67 bits per heavy atom. The van der Waals surface area contributed by atoms with E-state index in [0.29, 0.717) is 5.56 Å². The van der Waals surface area contributed by atoms with Crippen LogP contribution in [0.15, 0.2) is 18.2 Å². The normalized spacial score (nSPS) is 12.1. The van der Waals surface area contributed by atoms with Crippen molar-refractivity contribution in [1.29, 1.82) is 0 Å². The van der Waals surface area contributed by atoms with E-state index in [2.05, 4.69) is 0 Å². The molecule has 0 aliphatic rings. The summed E-state index contributed by atoms with van der Waals surface area (Å²) in [5.74, 6) is -2.63. The van der Waals surface area contributed by atoms with Gasteiger partial charge in [0.1, 0.15) is 0 Å². The van der Waals surface area contributed by atoms with Crippen molar-refractivity contribution in [1.82, 2.24) is 0 Å². The van der Waals surface area contributed by atoms with E-state index in [1.54, 1.807) is 0 Å². The zero-order valence-corrected chi connectivity index (χ0v) is 7.97. The van der Waals surface area contributed by atoms with Gasteiger partial charge >= 0.3 is 11.9 Å². The average molecular weight is 210 g/mol. The van der Waals surface area contributed by atoms with Gasteiger partial charge in [-0.15, -0.1) is 0 Å². The van der Waals surface area contributed by atoms with Crippen LogP contribution >= 0.6 is 0 Å². The van der Waals surface area contributed by atoms with E-state index in [1.807, 2.05) is 0 Å². The molecule has 0 radical (unpaired) electrons. The van der Waals surface area contributed by atoms with E-state index >= 15 is 0 Å². The van der Waals surface area contributed by atoms with Crippen LogP contribution in [0.25, 0.3) is 0 Å². The number of benzene rings is 1. The van der Waals surface area contributed by atoms with Crippen LogP contribution in [0.3, 0.4) is 0 Å². The molecule has 1 rings (SSSR count). The molecule has 0 saturated carbocycles. The van der Waals surface area contributed by atoms with Crippen molar-refractivity contribution >= 4 is 11.9 Å². The van der Waals surface area contributed by atoms with E-state index in [4.69, 9.17) is 10.2 Å². The molecule has 5 nitrogen and oxygen atoms in total. The summed E-state index contributed by atoms with van der Waals surface area (Å²) >= 11 is 0. The number of aromatic carboxylic acids is 2. The predicted molar refractivity (Wildman–Crippen MR) is 51.0 cm³/mol. The fourth-order valence-electron chi connectivity index (χ4n) is 1.19. The number of hydrogen-bond acceptors (Lipinski definition) is 3. The molecule has 0 spiro atoms. The molecule has 0 heterocycles. The van der Waals surface area contributed by atoms with Gasteiger partial charge in [0.25, 0.3) is 0 Å². The van der Waals surface area contributed by atoms with E-state index in [0.717, 1.165) is 6.07 Å². The largest absolute Gasteiger partial charge is 0.478 e. The second-order valence-corrected chi connectivity index (χ2v) is 3.09. The number of carboxylic acids is 2. The lowest BCUT2D eigenvalue weighted by Gasteiger charge is -2.07. The first-order valence-corrected chi connectivity index (χ1v) is 4.22. The Labute approximate surface area is 85.6 Å². The highest BCUT2D eigenvalue weighted by atomic mass is 16.4. The summed E-state index contributed by atoms with van der Waals surface area (Å²) in [6.45, 7) is 1.47. The molecule has 80 valence electrons. The molecule has 1 atom stereocenters. The maximum Gasteiger partial charge on any atom is 0.336 e. The molecule has 0 aliphatic heterocycles. The Hall–Kier alpha value is -1.88. The first-order chi connectivity index (χ1) is 6.93. The molecule has 1 unspecified atom stereocenters. The highest BCUT2D eigenvalue weighted by Crippen LogP contribution is 2.17. The second kappa shape index (κ2) is 4.10. The van der Waals surface area contributed by atoms with Crippen LogP contribution in [-0.4, -0.2) is 27.3 Å². The van der Waals surface area contributed by atoms with E-state index in [9.17, 15) is 14.7 Å². The topological polar surface area (TPSA) is 94.8 Å². The molecule has 0 fully saturated rings. The summed E-state index contributed by atoms with van der Waals surface area (Å²) in [6, 6.07) is 3.73. The van der Waals surface area contributed by atoms with Crippen molar-refractivity contribution in [2.45, 2.75) is 13.0 Å². The molecule has 0 saturated heterocycles. The quantitative estimate of drug-likeness (QED) is 0.695. The molecule has 0 bridgehead atoms. The van der Waals surface area contributed by atoms with Crippen LogP contribution in [0.5, 0.6) is 0 Å². The Balaban J connectivity index is 3.33. The zero-order valence-electron chi connectivity index (χ0n) is 7.97. The molecular weight excluding hydrogens is 200 g/mol. The highest BCUT2D eigenvalue weighted by Gasteiger charge is 2.17. The van der Waals surface area contributed by atoms with Gasteiger partial charge in [-0.3, -0.25) is 0 Å². The van der Waals surface area contributed by atoms with Gasteiger partial charge in [0.2, 0.25) is 0 Å². The summed E-state index contributed by atoms with van der Waals surface area (Å²) in [7, 11) is 0. The van der Waals surface area contributed by atoms with E-state index in [-0.39, 0.29) is 11.1 Å². The molecule has 1 aromatic carbocycles. The molecule has 0 aliphatic carbocycles. The second-order valence-electron chi connectivity index (χ2n) is 3.09. The fourth-order valence-corrected chi connectivity index (χ4v) is 1.19. The molecule has 0 amide bonds. The Morgan fingerprint density at radius 1 is 1.13 bits per heavy atom. The smallest absolute Gasteiger partial charge is 0.336 e. The van der Waals surface area contributed by atoms with Gasteiger partial charge in [0.15, 0.2) is 0 Å². The standard InChI is InChI=1S/C10H10O5/c1-5(11)6-2-3-7(9(12)13)8(4-6)10(14)15/h2-5,11H,1H3,(H,12,13)(H,14,15). The van der Waals surface area contributed by atoms with Gasteiger partial charge in [0.05, 0.1) is 17.2 Å². The summed E-state index contributed by atoms with van der Waals surface area (Å²) < 4.78 is 0. The van der Waals surface area contributed by atoms with Gasteiger partial charge < -0.3 is 15.3 Å². The molecule has 0 aromatic heterocycles. The highest BCUT2D eigenvalue weighted by molar-refractivity contribution is 6.01. The first-order valence-electron chi connectivity index (χ1n) is 4.22. The van der Waals surface area contributed by atoms with E-state index in [1.165, 1.54) is 19.1 Å². The third-order valence-electron chi connectivity index (χ3n) is 1.99. The number of rotatable bonds is 3. The van der Waals surface area contributed by atoms with Crippen LogP contribution in [0.1, 0.15) is 39.3 Å². The Kier molecular flexibility index (Phi) is 3.06. The van der Waals surface area contributed by atoms with Gasteiger partial charge in [-0.2, -0.15) is 0 Å². The SMILES string of the molecule is CC(O)c1ccc(C(=O)O)c(C(=O)O)c1. The number of aliphatic hydroxyl groups is 1. The van der Waals surface area contributed by atoms with Crippen LogP contribution in [0.2, 0.25) is 0 Å². The predicted octanol–water partition coefficient (Wildman–Crippen LogP) is 1.14. The minimum absolute atomic E-state index is 0.285. The van der Waals surface area contributed by atoms with Gasteiger partial charge in [-0.1, -0.05) is 6.07 Å². The van der Waals surface area contributed by atoms with Crippen molar-refractivity contribution in [3.63, 3.8) is 0 Å². The first kappa shape index (κ1) is 11.2. The summed E-state index contributed by atoms with van der Waals surface area (Å²) in [5, 5.41) is 26.7. The monoisotopic (exact) mass is 210 g/mol. The number of hydrogen-bond donors (Lipinski definition) is 3. The third-order valence-corrected chi connectivity index (χ3v) is 1.99. The van der Waals surface area contributed by atoms with Crippen LogP contribution in [0, 0.1) is 0 Å². The van der Waals surface area contributed by atoms with Gasteiger partial charge in [0, 0.05) is 0 Å². The minimum Gasteiger partial charge on any atom is -0.478 e. The summed E-state index contributed by atoms with van der Waals surface area (Å²) in [4.78, 5) is 21.4. The minimum atomic E-state index is -1.32. The lowest BCUT2D eigenvalue weighted by molar-refractivity contribution is 0.0651. The van der Waals surface area contributed by atoms with Gasteiger partial charge in [-0.05, 0) is 24.6 Å². The van der Waals surface area contributed by atoms with E-state index < -0.39 is 18.0 Å². The van der Waals surface area contributed by atoms with Crippen LogP contribution in [-0.2, 0) is 0 Å². The Bertz CT molecular complexity index is 408. The Morgan fingerprint density at radius 3 is 2.07 bits per heavy atom. The van der Waals surface area contributed by atoms with Crippen molar-refractivity contribution in [2.75, 3.05) is 0 Å². The van der Waals surface area contributed by atoms with Crippen molar-refractivity contribution < 1.29 is 24.9 Å². The molecule has 5 heteroatoms. The summed E-state index contributed by atoms with van der Waals surface area (Å²) in [5.41, 5.74) is -0.231. The third kappa shape index (κ3) is 2.32. The molecule has 3 N–H and O–H groups in total. The summed E-state index contributed by atoms with van der Waals surface area (Å²) in [6.07, 6.45) is -0.828. The lowest BCUT2D eigenvalue weighted by Crippen LogP contribution is -2.09. The average Bonchev–Trinajstić information content (AvgIpc) is 2.16. The fraction of sp³-hybridized carbons (Fsp3) is 0.200. The van der Waals surface area contributed by atoms with Gasteiger partial charge in [-0.25, -0.2) is 9.59 Å². The number of aliphatic hydroxyl groups excluding tert-OH is 1. The maximum atomic E-state index is 10.8. The van der Waals surface area contributed by atoms with Crippen molar-refractivity contribution in [2.24, 2.45) is 0 Å².